The molecule has 0 aromatic heterocycles. The molecule has 0 bridgehead atoms. The number of rotatable bonds is 7. The lowest BCUT2D eigenvalue weighted by molar-refractivity contribution is -0.141. The van der Waals surface area contributed by atoms with Gasteiger partial charge in [-0.3, -0.25) is 9.36 Å². The lowest BCUT2D eigenvalue weighted by Gasteiger charge is -2.33. The maximum Gasteiger partial charge on any atom is 0.325 e. The maximum absolute atomic E-state index is 10.9. The van der Waals surface area contributed by atoms with Crippen molar-refractivity contribution in [2.24, 2.45) is 11.8 Å². The van der Waals surface area contributed by atoms with E-state index in [9.17, 15) is 14.5 Å². The molecule has 0 saturated carbocycles. The van der Waals surface area contributed by atoms with Gasteiger partial charge >= 0.3 is 13.6 Å². The SMILES string of the molecule is CC(CCCP(=O)(O)O)C(O)C1CCNC(C(=O)O)C1. The minimum Gasteiger partial charge on any atom is -0.480 e. The number of aliphatic hydroxyl groups excluding tert-OH is 1. The van der Waals surface area contributed by atoms with E-state index >= 15 is 0 Å². The summed E-state index contributed by atoms with van der Waals surface area (Å²) in [4.78, 5) is 28.5. The van der Waals surface area contributed by atoms with Crippen molar-refractivity contribution in [1.82, 2.24) is 5.32 Å². The summed E-state index contributed by atoms with van der Waals surface area (Å²) in [6.45, 7) is 2.40. The molecule has 0 aromatic rings. The molecule has 0 amide bonds. The van der Waals surface area contributed by atoms with Crippen molar-refractivity contribution in [1.29, 1.82) is 0 Å². The Labute approximate surface area is 118 Å². The van der Waals surface area contributed by atoms with Crippen molar-refractivity contribution in [3.8, 4) is 0 Å². The summed E-state index contributed by atoms with van der Waals surface area (Å²) in [5.74, 6) is -1.09. The summed E-state index contributed by atoms with van der Waals surface area (Å²) in [6, 6.07) is -0.620. The van der Waals surface area contributed by atoms with Gasteiger partial charge in [-0.15, -0.1) is 0 Å². The Balaban J connectivity index is 2.41. The highest BCUT2D eigenvalue weighted by Crippen LogP contribution is 2.36. The van der Waals surface area contributed by atoms with Crippen LogP contribution in [0.2, 0.25) is 0 Å². The Morgan fingerprint density at radius 1 is 1.45 bits per heavy atom. The van der Waals surface area contributed by atoms with E-state index in [4.69, 9.17) is 14.9 Å². The van der Waals surface area contributed by atoms with Crippen molar-refractivity contribution in [3.63, 3.8) is 0 Å². The summed E-state index contributed by atoms with van der Waals surface area (Å²) in [5.41, 5.74) is 0. The van der Waals surface area contributed by atoms with Crippen LogP contribution in [-0.4, -0.2) is 50.8 Å². The van der Waals surface area contributed by atoms with E-state index < -0.39 is 25.7 Å². The molecular weight excluding hydrogens is 285 g/mol. The molecule has 8 heteroatoms. The Kier molecular flexibility index (Phi) is 6.61. The molecule has 1 rings (SSSR count). The van der Waals surface area contributed by atoms with E-state index in [1.807, 2.05) is 6.92 Å². The molecular formula is C12H24NO6P. The highest BCUT2D eigenvalue weighted by Gasteiger charge is 2.32. The fourth-order valence-corrected chi connectivity index (χ4v) is 3.29. The fraction of sp³-hybridized carbons (Fsp3) is 0.917. The first-order chi connectivity index (χ1) is 9.20. The molecule has 7 nitrogen and oxygen atoms in total. The van der Waals surface area contributed by atoms with Gasteiger partial charge in [0.2, 0.25) is 0 Å². The molecule has 1 aliphatic heterocycles. The molecule has 1 fully saturated rings. The quantitative estimate of drug-likeness (QED) is 0.431. The van der Waals surface area contributed by atoms with E-state index in [-0.39, 0.29) is 18.0 Å². The third kappa shape index (κ3) is 5.89. The lowest BCUT2D eigenvalue weighted by Crippen LogP contribution is -2.47. The van der Waals surface area contributed by atoms with Gasteiger partial charge in [-0.2, -0.15) is 0 Å². The molecule has 20 heavy (non-hydrogen) atoms. The number of hydrogen-bond donors (Lipinski definition) is 5. The van der Waals surface area contributed by atoms with Gasteiger partial charge in [0, 0.05) is 6.16 Å². The van der Waals surface area contributed by atoms with Gasteiger partial charge in [0.25, 0.3) is 0 Å². The van der Waals surface area contributed by atoms with Gasteiger partial charge in [-0.1, -0.05) is 6.92 Å². The molecule has 118 valence electrons. The summed E-state index contributed by atoms with van der Waals surface area (Å²) in [6.07, 6.45) is 1.18. The van der Waals surface area contributed by atoms with Crippen LogP contribution in [0.3, 0.4) is 0 Å². The van der Waals surface area contributed by atoms with E-state index in [2.05, 4.69) is 5.32 Å². The normalized spacial score (nSPS) is 27.0. The smallest absolute Gasteiger partial charge is 0.325 e. The standard InChI is InChI=1S/C12H24NO6P/c1-8(3-2-6-20(17,18)19)11(14)9-4-5-13-10(7-9)12(15)16/h8-11,13-14H,2-7H2,1H3,(H,15,16)(H2,17,18,19). The van der Waals surface area contributed by atoms with Gasteiger partial charge in [0.15, 0.2) is 0 Å². The van der Waals surface area contributed by atoms with Crippen molar-refractivity contribution < 1.29 is 29.4 Å². The summed E-state index contributed by atoms with van der Waals surface area (Å²) in [7, 11) is -3.98. The Morgan fingerprint density at radius 2 is 2.10 bits per heavy atom. The molecule has 0 aromatic carbocycles. The zero-order chi connectivity index (χ0) is 15.3. The largest absolute Gasteiger partial charge is 0.480 e. The highest BCUT2D eigenvalue weighted by molar-refractivity contribution is 7.51. The van der Waals surface area contributed by atoms with Crippen LogP contribution in [0.1, 0.15) is 32.6 Å². The number of nitrogens with one attached hydrogen (secondary N) is 1. The van der Waals surface area contributed by atoms with Crippen LogP contribution in [0.15, 0.2) is 0 Å². The molecule has 1 saturated heterocycles. The number of hydrogen-bond acceptors (Lipinski definition) is 4. The van der Waals surface area contributed by atoms with Crippen molar-refractivity contribution in [2.45, 2.75) is 44.8 Å². The Hall–Kier alpha value is -0.460. The van der Waals surface area contributed by atoms with E-state index in [0.29, 0.717) is 32.2 Å². The first kappa shape index (κ1) is 17.6. The second-order valence-corrected chi connectivity index (χ2v) is 7.40. The van der Waals surface area contributed by atoms with Crippen LogP contribution in [0.4, 0.5) is 0 Å². The summed E-state index contributed by atoms with van der Waals surface area (Å²) >= 11 is 0. The number of aliphatic carboxylic acids is 1. The van der Waals surface area contributed by atoms with Gasteiger partial charge in [0.05, 0.1) is 6.10 Å². The number of carbonyl (C=O) groups is 1. The number of piperidine rings is 1. The number of aliphatic hydroxyl groups is 1. The average molecular weight is 309 g/mol. The first-order valence-corrected chi connectivity index (χ1v) is 8.69. The van der Waals surface area contributed by atoms with Crippen molar-refractivity contribution in [3.05, 3.63) is 0 Å². The molecule has 0 aliphatic carbocycles. The third-order valence-corrected chi connectivity index (χ3v) is 4.82. The molecule has 4 atom stereocenters. The predicted octanol–water partition coefficient (Wildman–Crippen LogP) is 0.394. The molecule has 0 spiro atoms. The Bertz CT molecular complexity index is 371. The van der Waals surface area contributed by atoms with Crippen molar-refractivity contribution >= 4 is 13.6 Å². The maximum atomic E-state index is 10.9. The topological polar surface area (TPSA) is 127 Å². The molecule has 5 N–H and O–H groups in total. The number of carboxylic acid groups (broad SMARTS) is 1. The Morgan fingerprint density at radius 3 is 2.65 bits per heavy atom. The lowest BCUT2D eigenvalue weighted by atomic mass is 9.81. The minimum absolute atomic E-state index is 0.0811. The molecule has 1 aliphatic rings. The molecule has 0 radical (unpaired) electrons. The summed E-state index contributed by atoms with van der Waals surface area (Å²) < 4.78 is 10.8. The fourth-order valence-electron chi connectivity index (χ4n) is 2.70. The van der Waals surface area contributed by atoms with Gasteiger partial charge in [-0.25, -0.2) is 0 Å². The zero-order valence-electron chi connectivity index (χ0n) is 11.6. The van der Waals surface area contributed by atoms with E-state index in [1.165, 1.54) is 0 Å². The highest BCUT2D eigenvalue weighted by atomic mass is 31.2. The van der Waals surface area contributed by atoms with Crippen LogP contribution in [-0.2, 0) is 9.36 Å². The van der Waals surface area contributed by atoms with Gasteiger partial charge in [0.1, 0.15) is 6.04 Å². The minimum atomic E-state index is -3.98. The first-order valence-electron chi connectivity index (χ1n) is 6.89. The molecule has 4 unspecified atom stereocenters. The van der Waals surface area contributed by atoms with Gasteiger partial charge < -0.3 is 25.3 Å². The van der Waals surface area contributed by atoms with Crippen LogP contribution < -0.4 is 5.32 Å². The monoisotopic (exact) mass is 309 g/mol. The van der Waals surface area contributed by atoms with Crippen LogP contribution in [0, 0.1) is 11.8 Å². The second kappa shape index (κ2) is 7.52. The van der Waals surface area contributed by atoms with Crippen molar-refractivity contribution in [2.75, 3.05) is 12.7 Å². The van der Waals surface area contributed by atoms with E-state index in [0.717, 1.165) is 0 Å². The second-order valence-electron chi connectivity index (χ2n) is 5.63. The average Bonchev–Trinajstić information content (AvgIpc) is 2.36. The van der Waals surface area contributed by atoms with Gasteiger partial charge in [-0.05, 0) is 44.1 Å². The molecule has 1 heterocycles. The van der Waals surface area contributed by atoms with Crippen LogP contribution >= 0.6 is 7.60 Å². The van der Waals surface area contributed by atoms with E-state index in [1.54, 1.807) is 0 Å². The van der Waals surface area contributed by atoms with Crippen LogP contribution in [0.5, 0.6) is 0 Å². The number of carboxylic acids is 1. The summed E-state index contributed by atoms with van der Waals surface area (Å²) in [5, 5.41) is 22.1. The predicted molar refractivity (Wildman–Crippen MR) is 73.5 cm³/mol. The zero-order valence-corrected chi connectivity index (χ0v) is 12.5. The van der Waals surface area contributed by atoms with Crippen LogP contribution in [0.25, 0.3) is 0 Å². The third-order valence-electron chi connectivity index (χ3n) is 3.92.